The van der Waals surface area contributed by atoms with E-state index in [0.29, 0.717) is 18.7 Å². The molecule has 0 bridgehead atoms. The Bertz CT molecular complexity index is 928. The number of hydrogen-bond donors (Lipinski definition) is 1. The molecular formula is C24H28N2O2S. The number of aromatic nitrogens is 1. The molecule has 0 saturated carbocycles. The highest BCUT2D eigenvalue weighted by molar-refractivity contribution is 7.13. The highest BCUT2D eigenvalue weighted by Crippen LogP contribution is 2.25. The Balaban J connectivity index is 1.46. The molecule has 3 rings (SSSR count). The van der Waals surface area contributed by atoms with Crippen LogP contribution in [0.5, 0.6) is 5.75 Å². The van der Waals surface area contributed by atoms with Gasteiger partial charge >= 0.3 is 0 Å². The number of thiazole rings is 1. The summed E-state index contributed by atoms with van der Waals surface area (Å²) < 4.78 is 5.78. The summed E-state index contributed by atoms with van der Waals surface area (Å²) in [7, 11) is 0. The number of nitrogens with one attached hydrogen (secondary N) is 1. The van der Waals surface area contributed by atoms with Crippen LogP contribution in [-0.4, -0.2) is 23.5 Å². The van der Waals surface area contributed by atoms with Crippen molar-refractivity contribution < 1.29 is 9.53 Å². The Kier molecular flexibility index (Phi) is 6.70. The molecule has 0 aliphatic carbocycles. The van der Waals surface area contributed by atoms with E-state index in [4.69, 9.17) is 4.74 Å². The lowest BCUT2D eigenvalue weighted by Crippen LogP contribution is -2.37. The molecule has 152 valence electrons. The van der Waals surface area contributed by atoms with E-state index < -0.39 is 6.10 Å². The molecule has 0 fully saturated rings. The molecule has 0 aliphatic heterocycles. The van der Waals surface area contributed by atoms with Crippen LogP contribution in [0.25, 0.3) is 10.6 Å². The quantitative estimate of drug-likeness (QED) is 0.582. The monoisotopic (exact) mass is 408 g/mol. The van der Waals surface area contributed by atoms with Crippen LogP contribution in [0, 0.1) is 0 Å². The van der Waals surface area contributed by atoms with Gasteiger partial charge in [0.1, 0.15) is 10.8 Å². The largest absolute Gasteiger partial charge is 0.481 e. The molecule has 3 aromatic rings. The minimum Gasteiger partial charge on any atom is -0.481 e. The van der Waals surface area contributed by atoms with Crippen LogP contribution < -0.4 is 10.1 Å². The Labute approximate surface area is 177 Å². The van der Waals surface area contributed by atoms with Gasteiger partial charge in [-0.2, -0.15) is 0 Å². The summed E-state index contributed by atoms with van der Waals surface area (Å²) in [6.07, 6.45) is 0.146. The predicted molar refractivity (Wildman–Crippen MR) is 119 cm³/mol. The lowest BCUT2D eigenvalue weighted by Gasteiger charge is -2.20. The van der Waals surface area contributed by atoms with E-state index in [1.807, 2.05) is 47.8 Å². The third kappa shape index (κ3) is 5.91. The topological polar surface area (TPSA) is 51.2 Å². The van der Waals surface area contributed by atoms with E-state index >= 15 is 0 Å². The first kappa shape index (κ1) is 21.1. The number of ether oxygens (including phenoxy) is 1. The highest BCUT2D eigenvalue weighted by atomic mass is 32.1. The van der Waals surface area contributed by atoms with Gasteiger partial charge in [-0.1, -0.05) is 63.2 Å². The van der Waals surface area contributed by atoms with Crippen molar-refractivity contribution in [3.05, 3.63) is 71.2 Å². The molecule has 1 amide bonds. The van der Waals surface area contributed by atoms with E-state index in [0.717, 1.165) is 16.3 Å². The van der Waals surface area contributed by atoms with Crippen LogP contribution in [-0.2, 0) is 16.6 Å². The van der Waals surface area contributed by atoms with Crippen LogP contribution in [0.15, 0.2) is 60.0 Å². The molecule has 0 radical (unpaired) electrons. The SMILES string of the molecule is C[C@@H](Oc1ccc(C(C)(C)C)cc1)C(=O)NCCc1csc(-c2ccccc2)n1. The first-order chi connectivity index (χ1) is 13.8. The van der Waals surface area contributed by atoms with Crippen molar-refractivity contribution in [1.82, 2.24) is 10.3 Å². The minimum atomic E-state index is -0.550. The zero-order valence-electron chi connectivity index (χ0n) is 17.4. The molecule has 0 saturated heterocycles. The fourth-order valence-corrected chi connectivity index (χ4v) is 3.74. The second-order valence-electron chi connectivity index (χ2n) is 8.09. The maximum absolute atomic E-state index is 12.3. The molecule has 1 atom stereocenters. The summed E-state index contributed by atoms with van der Waals surface area (Å²) in [4.78, 5) is 17.0. The number of carbonyl (C=O) groups excluding carboxylic acids is 1. The number of rotatable bonds is 7. The molecule has 5 heteroatoms. The first-order valence-corrected chi connectivity index (χ1v) is 10.8. The second kappa shape index (κ2) is 9.23. The Hall–Kier alpha value is -2.66. The van der Waals surface area contributed by atoms with Crippen LogP contribution in [0.4, 0.5) is 0 Å². The maximum atomic E-state index is 12.3. The predicted octanol–water partition coefficient (Wildman–Crippen LogP) is 5.23. The fourth-order valence-electron chi connectivity index (χ4n) is 2.88. The third-order valence-electron chi connectivity index (χ3n) is 4.66. The molecule has 0 unspecified atom stereocenters. The van der Waals surface area contributed by atoms with Gasteiger partial charge in [0, 0.05) is 23.9 Å². The minimum absolute atomic E-state index is 0.0948. The van der Waals surface area contributed by atoms with E-state index in [9.17, 15) is 4.79 Å². The molecule has 0 spiro atoms. The summed E-state index contributed by atoms with van der Waals surface area (Å²) in [6.45, 7) is 8.81. The van der Waals surface area contributed by atoms with E-state index in [1.54, 1.807) is 18.3 Å². The van der Waals surface area contributed by atoms with E-state index in [-0.39, 0.29) is 11.3 Å². The summed E-state index contributed by atoms with van der Waals surface area (Å²) >= 11 is 1.62. The van der Waals surface area contributed by atoms with Gasteiger partial charge in [-0.15, -0.1) is 11.3 Å². The van der Waals surface area contributed by atoms with Crippen molar-refractivity contribution in [2.24, 2.45) is 0 Å². The first-order valence-electron chi connectivity index (χ1n) is 9.87. The normalized spacial score (nSPS) is 12.4. The van der Waals surface area contributed by atoms with Gasteiger partial charge in [0.05, 0.1) is 5.69 Å². The van der Waals surface area contributed by atoms with Crippen molar-refractivity contribution in [1.29, 1.82) is 0 Å². The number of nitrogens with zero attached hydrogens (tertiary/aromatic N) is 1. The average molecular weight is 409 g/mol. The van der Waals surface area contributed by atoms with Crippen molar-refractivity contribution in [2.45, 2.75) is 45.6 Å². The fraction of sp³-hybridized carbons (Fsp3) is 0.333. The van der Waals surface area contributed by atoms with Crippen molar-refractivity contribution in [3.8, 4) is 16.3 Å². The van der Waals surface area contributed by atoms with Gasteiger partial charge in [-0.3, -0.25) is 4.79 Å². The van der Waals surface area contributed by atoms with Crippen LogP contribution in [0.1, 0.15) is 39.0 Å². The molecule has 1 heterocycles. The molecule has 29 heavy (non-hydrogen) atoms. The smallest absolute Gasteiger partial charge is 0.260 e. The van der Waals surface area contributed by atoms with E-state index in [2.05, 4.69) is 43.2 Å². The van der Waals surface area contributed by atoms with Gasteiger partial charge in [0.2, 0.25) is 0 Å². The highest BCUT2D eigenvalue weighted by Gasteiger charge is 2.16. The van der Waals surface area contributed by atoms with Gasteiger partial charge < -0.3 is 10.1 Å². The molecule has 1 aromatic heterocycles. The van der Waals surface area contributed by atoms with Crippen LogP contribution in [0.3, 0.4) is 0 Å². The molecule has 0 aliphatic rings. The second-order valence-corrected chi connectivity index (χ2v) is 8.94. The van der Waals surface area contributed by atoms with E-state index in [1.165, 1.54) is 5.56 Å². The van der Waals surface area contributed by atoms with Crippen molar-refractivity contribution in [3.63, 3.8) is 0 Å². The zero-order valence-corrected chi connectivity index (χ0v) is 18.3. The molecule has 4 nitrogen and oxygen atoms in total. The lowest BCUT2D eigenvalue weighted by molar-refractivity contribution is -0.127. The van der Waals surface area contributed by atoms with Crippen LogP contribution in [0.2, 0.25) is 0 Å². The molecular weight excluding hydrogens is 380 g/mol. The summed E-state index contributed by atoms with van der Waals surface area (Å²) in [6, 6.07) is 18.1. The molecule has 2 aromatic carbocycles. The van der Waals surface area contributed by atoms with Gasteiger partial charge in [0.15, 0.2) is 6.10 Å². The van der Waals surface area contributed by atoms with Gasteiger partial charge in [-0.25, -0.2) is 4.98 Å². The maximum Gasteiger partial charge on any atom is 0.260 e. The van der Waals surface area contributed by atoms with Crippen molar-refractivity contribution in [2.75, 3.05) is 6.54 Å². The summed E-state index contributed by atoms with van der Waals surface area (Å²) in [5.74, 6) is 0.580. The number of hydrogen-bond acceptors (Lipinski definition) is 4. The summed E-state index contributed by atoms with van der Waals surface area (Å²) in [5, 5.41) is 5.99. The number of carbonyl (C=O) groups is 1. The standard InChI is InChI=1S/C24H28N2O2S/c1-17(28-21-12-10-19(11-13-21)24(2,3)4)22(27)25-15-14-20-16-29-23(26-20)18-8-6-5-7-9-18/h5-13,16-17H,14-15H2,1-4H3,(H,25,27)/t17-/m1/s1. The number of amides is 1. The average Bonchev–Trinajstić information content (AvgIpc) is 3.17. The Morgan fingerprint density at radius 3 is 2.45 bits per heavy atom. The third-order valence-corrected chi connectivity index (χ3v) is 5.60. The number of benzene rings is 2. The Morgan fingerprint density at radius 1 is 1.10 bits per heavy atom. The van der Waals surface area contributed by atoms with Crippen molar-refractivity contribution >= 4 is 17.2 Å². The van der Waals surface area contributed by atoms with Gasteiger partial charge in [0.25, 0.3) is 5.91 Å². The summed E-state index contributed by atoms with van der Waals surface area (Å²) in [5.41, 5.74) is 3.44. The Morgan fingerprint density at radius 2 is 1.79 bits per heavy atom. The molecule has 1 N–H and O–H groups in total. The zero-order chi connectivity index (χ0) is 20.9. The lowest BCUT2D eigenvalue weighted by atomic mass is 9.87. The van der Waals surface area contributed by atoms with Crippen LogP contribution >= 0.6 is 11.3 Å². The van der Waals surface area contributed by atoms with Gasteiger partial charge in [-0.05, 0) is 30.0 Å².